The maximum absolute atomic E-state index is 5.61. The Balaban J connectivity index is 1.08. The van der Waals surface area contributed by atoms with Gasteiger partial charge in [-0.25, -0.2) is 15.0 Å². The normalized spacial score (nSPS) is 14.9. The van der Waals surface area contributed by atoms with Crippen molar-refractivity contribution in [3.05, 3.63) is 211 Å². The van der Waals surface area contributed by atoms with E-state index in [0.29, 0.717) is 17.5 Å². The van der Waals surface area contributed by atoms with Crippen molar-refractivity contribution in [3.63, 3.8) is 0 Å². The van der Waals surface area contributed by atoms with Gasteiger partial charge in [0.05, 0.1) is 17.0 Å². The minimum absolute atomic E-state index is 0.239. The molecule has 2 aliphatic carbocycles. The Morgan fingerprint density at radius 3 is 2.05 bits per heavy atom. The van der Waals surface area contributed by atoms with Crippen molar-refractivity contribution in [2.45, 2.75) is 25.2 Å². The molecular formula is C57H38N4S. The van der Waals surface area contributed by atoms with Crippen molar-refractivity contribution in [3.8, 4) is 50.7 Å². The van der Waals surface area contributed by atoms with E-state index in [1.54, 1.807) is 0 Å². The first-order chi connectivity index (χ1) is 30.5. The third kappa shape index (κ3) is 4.85. The molecule has 8 aromatic carbocycles. The van der Waals surface area contributed by atoms with Gasteiger partial charge in [-0.05, 0) is 86.5 Å². The molecule has 0 radical (unpaired) electrons. The summed E-state index contributed by atoms with van der Waals surface area (Å²) < 4.78 is 4.91. The number of rotatable bonds is 4. The predicted molar refractivity (Wildman–Crippen MR) is 258 cm³/mol. The second-order valence-corrected chi connectivity index (χ2v) is 18.2. The highest BCUT2D eigenvalue weighted by atomic mass is 32.1. The average molecular weight is 811 g/mol. The molecule has 0 fully saturated rings. The number of nitrogens with zero attached hydrogens (tertiary/aromatic N) is 4. The first kappa shape index (κ1) is 35.3. The zero-order valence-corrected chi connectivity index (χ0v) is 35.0. The van der Waals surface area contributed by atoms with Crippen molar-refractivity contribution < 1.29 is 0 Å². The minimum Gasteiger partial charge on any atom is -0.309 e. The summed E-state index contributed by atoms with van der Waals surface area (Å²) in [7, 11) is 0. The van der Waals surface area contributed by atoms with Crippen LogP contribution in [0.2, 0.25) is 0 Å². The van der Waals surface area contributed by atoms with E-state index in [-0.39, 0.29) is 11.3 Å². The third-order valence-electron chi connectivity index (χ3n) is 13.4. The second kappa shape index (κ2) is 13.0. The lowest BCUT2D eigenvalue weighted by Crippen LogP contribution is -2.16. The molecule has 62 heavy (non-hydrogen) atoms. The molecule has 3 aromatic heterocycles. The van der Waals surface area contributed by atoms with Gasteiger partial charge in [0.25, 0.3) is 0 Å². The van der Waals surface area contributed by atoms with Gasteiger partial charge in [0.2, 0.25) is 0 Å². The summed E-state index contributed by atoms with van der Waals surface area (Å²) in [6.07, 6.45) is 0. The number of hydrogen-bond acceptors (Lipinski definition) is 4. The van der Waals surface area contributed by atoms with Crippen LogP contribution in [0.15, 0.2) is 183 Å². The molecule has 4 nitrogen and oxygen atoms in total. The molecule has 0 saturated carbocycles. The van der Waals surface area contributed by atoms with Crippen molar-refractivity contribution in [1.29, 1.82) is 0 Å². The van der Waals surface area contributed by atoms with Crippen LogP contribution in [-0.4, -0.2) is 19.5 Å². The van der Waals surface area contributed by atoms with Gasteiger partial charge in [0.15, 0.2) is 11.6 Å². The van der Waals surface area contributed by atoms with Crippen LogP contribution in [0.5, 0.6) is 0 Å². The molecule has 0 saturated heterocycles. The fourth-order valence-corrected chi connectivity index (χ4v) is 11.9. The van der Waals surface area contributed by atoms with Crippen LogP contribution in [-0.2, 0) is 5.41 Å². The zero-order valence-electron chi connectivity index (χ0n) is 34.2. The summed E-state index contributed by atoms with van der Waals surface area (Å²) in [6.45, 7) is 9.68. The highest BCUT2D eigenvalue weighted by Gasteiger charge is 2.41. The van der Waals surface area contributed by atoms with E-state index in [2.05, 4.69) is 188 Å². The molecule has 13 rings (SSSR count). The third-order valence-corrected chi connectivity index (χ3v) is 14.6. The van der Waals surface area contributed by atoms with E-state index < -0.39 is 0 Å². The lowest BCUT2D eigenvalue weighted by Gasteiger charge is -2.30. The van der Waals surface area contributed by atoms with Crippen LogP contribution in [0.3, 0.4) is 0 Å². The van der Waals surface area contributed by atoms with Gasteiger partial charge in [-0.1, -0.05) is 160 Å². The highest BCUT2D eigenvalue weighted by Crippen LogP contribution is 2.57. The fraction of sp³-hybridized carbons (Fsp3) is 0.0702. The maximum Gasteiger partial charge on any atom is 0.164 e. The van der Waals surface area contributed by atoms with Gasteiger partial charge in [0, 0.05) is 53.2 Å². The van der Waals surface area contributed by atoms with E-state index in [1.165, 1.54) is 75.4 Å². The molecule has 0 N–H and O–H groups in total. The zero-order chi connectivity index (χ0) is 41.3. The molecule has 11 aromatic rings. The maximum atomic E-state index is 5.61. The number of para-hydroxylation sites is 2. The molecule has 1 unspecified atom stereocenters. The van der Waals surface area contributed by atoms with Crippen LogP contribution in [0, 0.1) is 0 Å². The largest absolute Gasteiger partial charge is 0.309 e. The molecule has 0 bridgehead atoms. The van der Waals surface area contributed by atoms with Crippen molar-refractivity contribution in [1.82, 2.24) is 19.5 Å². The van der Waals surface area contributed by atoms with Crippen molar-refractivity contribution in [2.24, 2.45) is 0 Å². The molecule has 1 atom stereocenters. The van der Waals surface area contributed by atoms with Gasteiger partial charge in [-0.2, -0.15) is 0 Å². The molecule has 0 spiro atoms. The predicted octanol–water partition coefficient (Wildman–Crippen LogP) is 14.8. The lowest BCUT2D eigenvalue weighted by atomic mass is 9.74. The van der Waals surface area contributed by atoms with Gasteiger partial charge >= 0.3 is 0 Å². The SMILES string of the molecule is C=C1c2ccc3c(c2-c2ccccc2C1c1nc(-c2ccccc2)nc(-c2cc4sc5ccccc5c4c4c2-c2ccccc2C4(C)C)n1)c1ccccc1n3-c1ccccc1. The monoisotopic (exact) mass is 810 g/mol. The first-order valence-corrected chi connectivity index (χ1v) is 22.1. The van der Waals surface area contributed by atoms with Gasteiger partial charge in [0.1, 0.15) is 5.82 Å². The number of fused-ring (bicyclic) bond motifs is 14. The Labute approximate surface area is 363 Å². The smallest absolute Gasteiger partial charge is 0.164 e. The number of benzene rings is 8. The summed E-state index contributed by atoms with van der Waals surface area (Å²) in [6, 6.07) is 63.2. The Hall–Kier alpha value is -7.47. The van der Waals surface area contributed by atoms with E-state index >= 15 is 0 Å². The topological polar surface area (TPSA) is 43.6 Å². The molecule has 5 heteroatoms. The summed E-state index contributed by atoms with van der Waals surface area (Å²) >= 11 is 1.85. The summed E-state index contributed by atoms with van der Waals surface area (Å²) in [5.74, 6) is 1.71. The molecule has 2 aliphatic rings. The molecule has 0 amide bonds. The van der Waals surface area contributed by atoms with E-state index in [9.17, 15) is 0 Å². The van der Waals surface area contributed by atoms with E-state index in [1.807, 2.05) is 17.4 Å². The van der Waals surface area contributed by atoms with E-state index in [0.717, 1.165) is 33.5 Å². The quantitative estimate of drug-likeness (QED) is 0.178. The first-order valence-electron chi connectivity index (χ1n) is 21.3. The average Bonchev–Trinajstić information content (AvgIpc) is 3.94. The van der Waals surface area contributed by atoms with Gasteiger partial charge in [-0.3, -0.25) is 0 Å². The standard InChI is InChI=1S/C57H38N4S/c1-33-36-30-31-45-51(40-25-13-16-28-44(40)61(45)35-20-8-5-9-21-35)49(36)38-23-11-10-22-37(38)48(33)56-59-54(34-18-6-4-7-19-34)58-55(60-56)42-32-47-52(41-26-14-17-29-46(41)62-47)53-50(42)39-24-12-15-27-43(39)57(53,2)3/h4-32,48H,1H2,2-3H3. The summed E-state index contributed by atoms with van der Waals surface area (Å²) in [4.78, 5) is 16.4. The van der Waals surface area contributed by atoms with Crippen LogP contribution in [0.25, 0.3) is 98.3 Å². The Bertz CT molecular complexity index is 3690. The minimum atomic E-state index is -0.312. The Morgan fingerprint density at radius 2 is 1.21 bits per heavy atom. The lowest BCUT2D eigenvalue weighted by molar-refractivity contribution is 0.667. The molecule has 292 valence electrons. The van der Waals surface area contributed by atoms with Crippen LogP contribution < -0.4 is 0 Å². The molecule has 0 aliphatic heterocycles. The summed E-state index contributed by atoms with van der Waals surface area (Å²) in [5, 5.41) is 5.07. The van der Waals surface area contributed by atoms with Gasteiger partial charge in [-0.15, -0.1) is 11.3 Å². The number of thiophene rings is 1. The van der Waals surface area contributed by atoms with Crippen molar-refractivity contribution in [2.75, 3.05) is 0 Å². The molecular weight excluding hydrogens is 773 g/mol. The fourth-order valence-electron chi connectivity index (χ4n) is 10.8. The van der Waals surface area contributed by atoms with Crippen LogP contribution in [0.1, 0.15) is 47.8 Å². The number of hydrogen-bond donors (Lipinski definition) is 0. The van der Waals surface area contributed by atoms with Gasteiger partial charge < -0.3 is 4.57 Å². The Kier molecular flexibility index (Phi) is 7.41. The number of allylic oxidation sites excluding steroid dienone is 1. The highest BCUT2D eigenvalue weighted by molar-refractivity contribution is 7.25. The van der Waals surface area contributed by atoms with E-state index in [4.69, 9.17) is 21.5 Å². The second-order valence-electron chi connectivity index (χ2n) is 17.1. The van der Waals surface area contributed by atoms with Crippen molar-refractivity contribution >= 4 is 58.9 Å². The summed E-state index contributed by atoms with van der Waals surface area (Å²) in [5.41, 5.74) is 15.9. The molecule has 3 heterocycles. The van der Waals surface area contributed by atoms with Crippen LogP contribution in [0.4, 0.5) is 0 Å². The van der Waals surface area contributed by atoms with Crippen LogP contribution >= 0.6 is 11.3 Å². The Morgan fingerprint density at radius 1 is 0.532 bits per heavy atom. The number of aromatic nitrogens is 4.